The van der Waals surface area contributed by atoms with E-state index in [1.165, 1.54) is 0 Å². The van der Waals surface area contributed by atoms with Crippen LogP contribution in [-0.4, -0.2) is 18.0 Å². The normalized spacial score (nSPS) is 11.5. The van der Waals surface area contributed by atoms with Crippen LogP contribution in [-0.2, 0) is 17.8 Å². The van der Waals surface area contributed by atoms with Gasteiger partial charge in [-0.05, 0) is 29.7 Å². The van der Waals surface area contributed by atoms with Gasteiger partial charge in [0.1, 0.15) is 5.75 Å². The lowest BCUT2D eigenvalue weighted by Crippen LogP contribution is -2.32. The zero-order chi connectivity index (χ0) is 17.4. The molecule has 2 rings (SSSR count). The van der Waals surface area contributed by atoms with Gasteiger partial charge in [-0.2, -0.15) is 0 Å². The van der Waals surface area contributed by atoms with Crippen LogP contribution in [0.2, 0.25) is 0 Å². The Morgan fingerprint density at radius 3 is 2.29 bits per heavy atom. The molecule has 2 aromatic carbocycles. The van der Waals surface area contributed by atoms with Crippen molar-refractivity contribution in [1.29, 1.82) is 0 Å². The van der Waals surface area contributed by atoms with Gasteiger partial charge < -0.3 is 21.5 Å². The van der Waals surface area contributed by atoms with Crippen molar-refractivity contribution in [3.63, 3.8) is 0 Å². The van der Waals surface area contributed by atoms with Crippen molar-refractivity contribution < 1.29 is 14.3 Å². The van der Waals surface area contributed by atoms with E-state index in [9.17, 15) is 9.59 Å². The number of benzene rings is 2. The summed E-state index contributed by atoms with van der Waals surface area (Å²) >= 11 is 0. The molecule has 2 aromatic rings. The number of hydrogen-bond donors (Lipinski definition) is 3. The van der Waals surface area contributed by atoms with Gasteiger partial charge in [-0.15, -0.1) is 0 Å². The fourth-order valence-corrected chi connectivity index (χ4v) is 2.29. The van der Waals surface area contributed by atoms with Crippen LogP contribution in [0.4, 0.5) is 4.79 Å². The molecule has 0 radical (unpaired) electrons. The van der Waals surface area contributed by atoms with Gasteiger partial charge in [-0.1, -0.05) is 42.5 Å². The summed E-state index contributed by atoms with van der Waals surface area (Å²) in [5, 5.41) is 2.82. The topological polar surface area (TPSA) is 107 Å². The summed E-state index contributed by atoms with van der Waals surface area (Å²) in [7, 11) is 0. The summed E-state index contributed by atoms with van der Waals surface area (Å²) in [6, 6.07) is 16.4. The molecule has 1 atom stereocenters. The molecule has 0 aliphatic rings. The van der Waals surface area contributed by atoms with Crippen molar-refractivity contribution in [2.45, 2.75) is 25.4 Å². The summed E-state index contributed by atoms with van der Waals surface area (Å²) in [6.07, 6.45) is 0.0639. The Labute approximate surface area is 140 Å². The molecule has 0 saturated carbocycles. The zero-order valence-electron chi connectivity index (χ0n) is 13.3. The maximum absolute atomic E-state index is 12.0. The fourth-order valence-electron chi connectivity index (χ4n) is 2.29. The lowest BCUT2D eigenvalue weighted by molar-refractivity contribution is -0.121. The smallest absolute Gasteiger partial charge is 0.409 e. The van der Waals surface area contributed by atoms with Crippen LogP contribution in [0.3, 0.4) is 0 Å². The standard InChI is InChI=1S/C18H21N3O3/c19-15(10-13-4-2-1-3-5-13)11-17(22)21-12-14-6-8-16(9-7-14)24-18(20)23/h1-9,15H,10-12,19H2,(H2,20,23)(H,21,22)/t15-/m0/s1. The second kappa shape index (κ2) is 8.69. The quantitative estimate of drug-likeness (QED) is 0.719. The van der Waals surface area contributed by atoms with Crippen molar-refractivity contribution in [3.8, 4) is 5.75 Å². The molecule has 0 saturated heterocycles. The van der Waals surface area contributed by atoms with E-state index in [2.05, 4.69) is 5.32 Å². The second-order valence-corrected chi connectivity index (χ2v) is 5.50. The highest BCUT2D eigenvalue weighted by Crippen LogP contribution is 2.12. The summed E-state index contributed by atoms with van der Waals surface area (Å²) in [5.74, 6) is 0.262. The van der Waals surface area contributed by atoms with E-state index in [1.54, 1.807) is 24.3 Å². The highest BCUT2D eigenvalue weighted by atomic mass is 16.5. The van der Waals surface area contributed by atoms with Crippen molar-refractivity contribution in [2.24, 2.45) is 11.5 Å². The van der Waals surface area contributed by atoms with Crippen molar-refractivity contribution in [1.82, 2.24) is 5.32 Å². The SMILES string of the molecule is NC(=O)Oc1ccc(CNC(=O)C[C@@H](N)Cc2ccccc2)cc1. The minimum atomic E-state index is -0.858. The molecule has 0 unspecified atom stereocenters. The number of carbonyl (C=O) groups is 2. The largest absolute Gasteiger partial charge is 0.411 e. The minimum absolute atomic E-state index is 0.101. The first kappa shape index (κ1) is 17.5. The maximum atomic E-state index is 12.0. The average molecular weight is 327 g/mol. The van der Waals surface area contributed by atoms with Gasteiger partial charge in [0.2, 0.25) is 5.91 Å². The first-order valence-corrected chi connectivity index (χ1v) is 7.65. The third-order valence-corrected chi connectivity index (χ3v) is 3.42. The molecular formula is C18H21N3O3. The van der Waals surface area contributed by atoms with Gasteiger partial charge >= 0.3 is 6.09 Å². The summed E-state index contributed by atoms with van der Waals surface area (Å²) in [6.45, 7) is 0.383. The summed E-state index contributed by atoms with van der Waals surface area (Å²) in [4.78, 5) is 22.6. The predicted octanol–water partition coefficient (Wildman–Crippen LogP) is 1.72. The number of rotatable bonds is 7. The van der Waals surface area contributed by atoms with Crippen LogP contribution in [0.25, 0.3) is 0 Å². The molecule has 126 valence electrons. The Bertz CT molecular complexity index is 672. The van der Waals surface area contributed by atoms with E-state index in [4.69, 9.17) is 16.2 Å². The van der Waals surface area contributed by atoms with Crippen LogP contribution >= 0.6 is 0 Å². The Morgan fingerprint density at radius 2 is 1.67 bits per heavy atom. The van der Waals surface area contributed by atoms with Crippen LogP contribution in [0.5, 0.6) is 5.75 Å². The number of primary amides is 1. The molecular weight excluding hydrogens is 306 g/mol. The molecule has 0 aliphatic carbocycles. The number of nitrogens with two attached hydrogens (primary N) is 2. The van der Waals surface area contributed by atoms with E-state index >= 15 is 0 Å². The molecule has 0 fully saturated rings. The van der Waals surface area contributed by atoms with Gasteiger partial charge in [-0.3, -0.25) is 4.79 Å². The Morgan fingerprint density at radius 1 is 1.00 bits per heavy atom. The lowest BCUT2D eigenvalue weighted by Gasteiger charge is -2.12. The van der Waals surface area contributed by atoms with E-state index in [1.807, 2.05) is 30.3 Å². The van der Waals surface area contributed by atoms with Gasteiger partial charge in [-0.25, -0.2) is 4.79 Å². The molecule has 0 spiro atoms. The molecule has 6 heteroatoms. The third-order valence-electron chi connectivity index (χ3n) is 3.42. The highest BCUT2D eigenvalue weighted by Gasteiger charge is 2.10. The van der Waals surface area contributed by atoms with E-state index < -0.39 is 6.09 Å². The molecule has 5 N–H and O–H groups in total. The monoisotopic (exact) mass is 327 g/mol. The average Bonchev–Trinajstić information content (AvgIpc) is 2.54. The second-order valence-electron chi connectivity index (χ2n) is 5.50. The number of amides is 2. The molecule has 0 bridgehead atoms. The van der Waals surface area contributed by atoms with Crippen molar-refractivity contribution >= 4 is 12.0 Å². The highest BCUT2D eigenvalue weighted by molar-refractivity contribution is 5.76. The Kier molecular flexibility index (Phi) is 6.33. The maximum Gasteiger partial charge on any atom is 0.409 e. The van der Waals surface area contributed by atoms with Crippen LogP contribution in [0.15, 0.2) is 54.6 Å². The first-order chi connectivity index (χ1) is 11.5. The molecule has 0 aromatic heterocycles. The Balaban J connectivity index is 1.75. The molecule has 6 nitrogen and oxygen atoms in total. The lowest BCUT2D eigenvalue weighted by atomic mass is 10.0. The van der Waals surface area contributed by atoms with Gasteiger partial charge in [0.15, 0.2) is 0 Å². The van der Waals surface area contributed by atoms with Crippen molar-refractivity contribution in [2.75, 3.05) is 0 Å². The summed E-state index contributed by atoms with van der Waals surface area (Å²) in [5.41, 5.74) is 13.0. The number of hydrogen-bond acceptors (Lipinski definition) is 4. The third kappa shape index (κ3) is 6.10. The summed E-state index contributed by atoms with van der Waals surface area (Å²) < 4.78 is 4.74. The van der Waals surface area contributed by atoms with Crippen LogP contribution < -0.4 is 21.5 Å². The van der Waals surface area contributed by atoms with Gasteiger partial charge in [0, 0.05) is 19.0 Å². The molecule has 0 aliphatic heterocycles. The number of nitrogens with one attached hydrogen (secondary N) is 1. The van der Waals surface area contributed by atoms with Crippen LogP contribution in [0, 0.1) is 0 Å². The molecule has 2 amide bonds. The Hall–Kier alpha value is -2.86. The first-order valence-electron chi connectivity index (χ1n) is 7.65. The zero-order valence-corrected chi connectivity index (χ0v) is 13.3. The van der Waals surface area contributed by atoms with E-state index in [0.717, 1.165) is 11.1 Å². The predicted molar refractivity (Wildman–Crippen MR) is 91.2 cm³/mol. The van der Waals surface area contributed by atoms with E-state index in [0.29, 0.717) is 18.7 Å². The van der Waals surface area contributed by atoms with Crippen molar-refractivity contribution in [3.05, 3.63) is 65.7 Å². The molecule has 24 heavy (non-hydrogen) atoms. The number of ether oxygens (including phenoxy) is 1. The van der Waals surface area contributed by atoms with E-state index in [-0.39, 0.29) is 18.4 Å². The fraction of sp³-hybridized carbons (Fsp3) is 0.222. The minimum Gasteiger partial charge on any atom is -0.411 e. The van der Waals surface area contributed by atoms with Crippen LogP contribution in [0.1, 0.15) is 17.5 Å². The van der Waals surface area contributed by atoms with Gasteiger partial charge in [0.05, 0.1) is 0 Å². The molecule has 0 heterocycles. The van der Waals surface area contributed by atoms with Gasteiger partial charge in [0.25, 0.3) is 0 Å². The number of carbonyl (C=O) groups excluding carboxylic acids is 2.